The summed E-state index contributed by atoms with van der Waals surface area (Å²) in [7, 11) is 0. The summed E-state index contributed by atoms with van der Waals surface area (Å²) in [5.41, 5.74) is 0.622. The van der Waals surface area contributed by atoms with Crippen LogP contribution in [-0.4, -0.2) is 35.3 Å². The lowest BCUT2D eigenvalue weighted by molar-refractivity contribution is 0.0539. The first kappa shape index (κ1) is 18.7. The SMILES string of the molecule is CC(C)N(Cc1ccccc1F)C[C@H](O)COc1ccc(Cl)cc1. The molecule has 0 saturated carbocycles. The Hall–Kier alpha value is -1.62. The molecule has 0 aliphatic heterocycles. The molecule has 0 unspecified atom stereocenters. The van der Waals surface area contributed by atoms with Crippen LogP contribution in [0.5, 0.6) is 5.75 Å². The number of rotatable bonds is 8. The highest BCUT2D eigenvalue weighted by atomic mass is 35.5. The molecule has 5 heteroatoms. The lowest BCUT2D eigenvalue weighted by atomic mass is 10.1. The largest absolute Gasteiger partial charge is 0.491 e. The molecule has 0 heterocycles. The molecule has 0 aliphatic carbocycles. The minimum absolute atomic E-state index is 0.169. The summed E-state index contributed by atoms with van der Waals surface area (Å²) in [6.45, 7) is 5.06. The van der Waals surface area contributed by atoms with Gasteiger partial charge in [-0.05, 0) is 44.2 Å². The topological polar surface area (TPSA) is 32.7 Å². The molecule has 1 N–H and O–H groups in total. The predicted molar refractivity (Wildman–Crippen MR) is 94.9 cm³/mol. The van der Waals surface area contributed by atoms with Crippen molar-refractivity contribution in [2.75, 3.05) is 13.2 Å². The zero-order chi connectivity index (χ0) is 17.5. The Balaban J connectivity index is 1.89. The highest BCUT2D eigenvalue weighted by Crippen LogP contribution is 2.16. The van der Waals surface area contributed by atoms with Crippen LogP contribution in [0.4, 0.5) is 4.39 Å². The van der Waals surface area contributed by atoms with E-state index < -0.39 is 6.10 Å². The molecular formula is C19H23ClFNO2. The molecule has 130 valence electrons. The van der Waals surface area contributed by atoms with Gasteiger partial charge in [0.05, 0.1) is 0 Å². The van der Waals surface area contributed by atoms with E-state index in [-0.39, 0.29) is 18.5 Å². The first-order valence-electron chi connectivity index (χ1n) is 7.99. The van der Waals surface area contributed by atoms with Gasteiger partial charge in [0.15, 0.2) is 0 Å². The minimum atomic E-state index is -0.671. The van der Waals surface area contributed by atoms with Crippen molar-refractivity contribution in [1.29, 1.82) is 0 Å². The first-order valence-corrected chi connectivity index (χ1v) is 8.37. The zero-order valence-corrected chi connectivity index (χ0v) is 14.7. The highest BCUT2D eigenvalue weighted by Gasteiger charge is 2.17. The number of hydrogen-bond acceptors (Lipinski definition) is 3. The van der Waals surface area contributed by atoms with E-state index in [9.17, 15) is 9.50 Å². The molecule has 0 fully saturated rings. The van der Waals surface area contributed by atoms with E-state index >= 15 is 0 Å². The van der Waals surface area contributed by atoms with Crippen molar-refractivity contribution in [3.63, 3.8) is 0 Å². The van der Waals surface area contributed by atoms with Crippen molar-refractivity contribution in [2.24, 2.45) is 0 Å². The van der Waals surface area contributed by atoms with E-state index in [1.54, 1.807) is 36.4 Å². The molecule has 0 bridgehead atoms. The Morgan fingerprint density at radius 2 is 1.79 bits per heavy atom. The molecule has 24 heavy (non-hydrogen) atoms. The second kappa shape index (κ2) is 9.02. The fraction of sp³-hybridized carbons (Fsp3) is 0.368. The summed E-state index contributed by atoms with van der Waals surface area (Å²) in [5, 5.41) is 10.9. The van der Waals surface area contributed by atoms with Crippen LogP contribution >= 0.6 is 11.6 Å². The quantitative estimate of drug-likeness (QED) is 0.776. The van der Waals surface area contributed by atoms with Crippen molar-refractivity contribution in [2.45, 2.75) is 32.5 Å². The fourth-order valence-electron chi connectivity index (χ4n) is 2.35. The average Bonchev–Trinajstić information content (AvgIpc) is 2.55. The Kier molecular flexibility index (Phi) is 7.03. The molecule has 1 atom stereocenters. The van der Waals surface area contributed by atoms with Crippen molar-refractivity contribution in [3.8, 4) is 5.75 Å². The lowest BCUT2D eigenvalue weighted by Gasteiger charge is -2.29. The third-order valence-electron chi connectivity index (χ3n) is 3.76. The van der Waals surface area contributed by atoms with E-state index in [1.165, 1.54) is 6.07 Å². The van der Waals surface area contributed by atoms with Gasteiger partial charge in [-0.2, -0.15) is 0 Å². The molecular weight excluding hydrogens is 329 g/mol. The Bertz CT molecular complexity index is 634. The van der Waals surface area contributed by atoms with Crippen LogP contribution in [0.3, 0.4) is 0 Å². The minimum Gasteiger partial charge on any atom is -0.491 e. The van der Waals surface area contributed by atoms with Gasteiger partial charge < -0.3 is 9.84 Å². The van der Waals surface area contributed by atoms with Crippen molar-refractivity contribution in [1.82, 2.24) is 4.90 Å². The standard InChI is InChI=1S/C19H23ClFNO2/c1-14(2)22(11-15-5-3-4-6-19(15)21)12-17(23)13-24-18-9-7-16(20)8-10-18/h3-10,14,17,23H,11-13H2,1-2H3/t17-/m0/s1. The van der Waals surface area contributed by atoms with Gasteiger partial charge >= 0.3 is 0 Å². The van der Waals surface area contributed by atoms with E-state index in [2.05, 4.69) is 0 Å². The summed E-state index contributed by atoms with van der Waals surface area (Å²) in [4.78, 5) is 2.02. The Morgan fingerprint density at radius 3 is 2.42 bits per heavy atom. The fourth-order valence-corrected chi connectivity index (χ4v) is 2.48. The van der Waals surface area contributed by atoms with E-state index in [0.717, 1.165) is 0 Å². The molecule has 2 rings (SSSR count). The van der Waals surface area contributed by atoms with Crippen LogP contribution in [0, 0.1) is 5.82 Å². The van der Waals surface area contributed by atoms with Gasteiger partial charge in [0.25, 0.3) is 0 Å². The highest BCUT2D eigenvalue weighted by molar-refractivity contribution is 6.30. The predicted octanol–water partition coefficient (Wildman–Crippen LogP) is 4.13. The van der Waals surface area contributed by atoms with Gasteiger partial charge in [0.1, 0.15) is 24.3 Å². The normalized spacial score (nSPS) is 12.6. The molecule has 0 radical (unpaired) electrons. The molecule has 3 nitrogen and oxygen atoms in total. The summed E-state index contributed by atoms with van der Waals surface area (Å²) < 4.78 is 19.4. The summed E-state index contributed by atoms with van der Waals surface area (Å²) >= 11 is 5.83. The smallest absolute Gasteiger partial charge is 0.127 e. The van der Waals surface area contributed by atoms with Crippen LogP contribution < -0.4 is 4.74 Å². The molecule has 0 amide bonds. The number of nitrogens with zero attached hydrogens (tertiary/aromatic N) is 1. The molecule has 0 saturated heterocycles. The maximum absolute atomic E-state index is 13.8. The second-order valence-corrected chi connectivity index (χ2v) is 6.47. The lowest BCUT2D eigenvalue weighted by Crippen LogP contribution is -2.39. The maximum atomic E-state index is 13.8. The van der Waals surface area contributed by atoms with Gasteiger partial charge in [-0.3, -0.25) is 4.90 Å². The van der Waals surface area contributed by atoms with Gasteiger partial charge in [0, 0.05) is 29.7 Å². The summed E-state index contributed by atoms with van der Waals surface area (Å²) in [6.07, 6.45) is -0.671. The zero-order valence-electron chi connectivity index (χ0n) is 14.0. The number of benzene rings is 2. The Morgan fingerprint density at radius 1 is 1.12 bits per heavy atom. The van der Waals surface area contributed by atoms with E-state index in [0.29, 0.717) is 29.4 Å². The number of hydrogen-bond donors (Lipinski definition) is 1. The molecule has 2 aromatic rings. The van der Waals surface area contributed by atoms with Gasteiger partial charge in [0.2, 0.25) is 0 Å². The van der Waals surface area contributed by atoms with Gasteiger partial charge in [-0.1, -0.05) is 29.8 Å². The molecule has 0 aliphatic rings. The number of ether oxygens (including phenoxy) is 1. The first-order chi connectivity index (χ1) is 11.5. The molecule has 0 aromatic heterocycles. The Labute approximate surface area is 147 Å². The third kappa shape index (κ3) is 5.78. The molecule has 0 spiro atoms. The second-order valence-electron chi connectivity index (χ2n) is 6.03. The average molecular weight is 352 g/mol. The van der Waals surface area contributed by atoms with Gasteiger partial charge in [-0.25, -0.2) is 4.39 Å². The van der Waals surface area contributed by atoms with Crippen molar-refractivity contribution >= 4 is 11.6 Å². The monoisotopic (exact) mass is 351 g/mol. The molecule has 2 aromatic carbocycles. The van der Waals surface area contributed by atoms with Crippen LogP contribution in [0.25, 0.3) is 0 Å². The van der Waals surface area contributed by atoms with Crippen LogP contribution in [-0.2, 0) is 6.54 Å². The van der Waals surface area contributed by atoms with Crippen LogP contribution in [0.2, 0.25) is 5.02 Å². The van der Waals surface area contributed by atoms with E-state index in [4.69, 9.17) is 16.3 Å². The number of halogens is 2. The van der Waals surface area contributed by atoms with Crippen LogP contribution in [0.1, 0.15) is 19.4 Å². The maximum Gasteiger partial charge on any atom is 0.127 e. The summed E-state index contributed by atoms with van der Waals surface area (Å²) in [6, 6.07) is 13.9. The van der Waals surface area contributed by atoms with Crippen molar-refractivity contribution in [3.05, 3.63) is 64.9 Å². The van der Waals surface area contributed by atoms with Gasteiger partial charge in [-0.15, -0.1) is 0 Å². The third-order valence-corrected chi connectivity index (χ3v) is 4.01. The number of aliphatic hydroxyl groups is 1. The number of aliphatic hydroxyl groups excluding tert-OH is 1. The summed E-state index contributed by atoms with van der Waals surface area (Å²) in [5.74, 6) is 0.429. The van der Waals surface area contributed by atoms with Crippen LogP contribution in [0.15, 0.2) is 48.5 Å². The van der Waals surface area contributed by atoms with Crippen molar-refractivity contribution < 1.29 is 14.2 Å². The van der Waals surface area contributed by atoms with E-state index in [1.807, 2.05) is 24.8 Å².